The first-order valence-corrected chi connectivity index (χ1v) is 5.11. The van der Waals surface area contributed by atoms with Crippen LogP contribution >= 0.6 is 0 Å². The van der Waals surface area contributed by atoms with Gasteiger partial charge >= 0.3 is 0 Å². The predicted octanol–water partition coefficient (Wildman–Crippen LogP) is -3.12. The molecule has 0 unspecified atom stereocenters. The van der Waals surface area contributed by atoms with Gasteiger partial charge < -0.3 is 25.5 Å². The molecule has 0 amide bonds. The van der Waals surface area contributed by atoms with Gasteiger partial charge in [-0.05, 0) is 6.92 Å². The highest BCUT2D eigenvalue weighted by atomic mass is 16.4. The van der Waals surface area contributed by atoms with Crippen molar-refractivity contribution in [1.82, 2.24) is 4.90 Å². The summed E-state index contributed by atoms with van der Waals surface area (Å²) < 4.78 is 0. The first kappa shape index (κ1) is 11.3. The van der Waals surface area contributed by atoms with Crippen molar-refractivity contribution in [3.8, 4) is 0 Å². The molecule has 0 aromatic carbocycles. The van der Waals surface area contributed by atoms with E-state index in [-0.39, 0.29) is 12.6 Å². The van der Waals surface area contributed by atoms with Crippen molar-refractivity contribution in [3.63, 3.8) is 0 Å². The molecule has 0 aliphatic carbocycles. The van der Waals surface area contributed by atoms with Crippen molar-refractivity contribution in [2.24, 2.45) is 0 Å². The standard InChI is InChI=1S/C9H17NO5/c1-3-6(12)8(14)5-9(15)7(13)4(2-11)10(3)5/h3-9,11-15H,2H2,1H3/t3-,4+,5+,6-,7+,8-,9-/m0/s1. The van der Waals surface area contributed by atoms with Crippen molar-refractivity contribution < 1.29 is 25.5 Å². The van der Waals surface area contributed by atoms with Gasteiger partial charge in [-0.1, -0.05) is 0 Å². The fourth-order valence-electron chi connectivity index (χ4n) is 2.82. The second-order valence-electron chi connectivity index (χ2n) is 4.39. The molecule has 2 saturated heterocycles. The maximum atomic E-state index is 9.70. The predicted molar refractivity (Wildman–Crippen MR) is 50.0 cm³/mol. The number of hydrogen-bond donors (Lipinski definition) is 5. The molecule has 0 saturated carbocycles. The molecule has 7 atom stereocenters. The number of rotatable bonds is 1. The molecule has 2 fully saturated rings. The molecule has 5 N–H and O–H groups in total. The Morgan fingerprint density at radius 1 is 0.933 bits per heavy atom. The van der Waals surface area contributed by atoms with Crippen LogP contribution in [-0.2, 0) is 0 Å². The zero-order chi connectivity index (χ0) is 11.3. The van der Waals surface area contributed by atoms with Gasteiger partial charge in [0.1, 0.15) is 0 Å². The summed E-state index contributed by atoms with van der Waals surface area (Å²) in [6, 6.07) is -1.69. The number of aliphatic hydroxyl groups is 5. The van der Waals surface area contributed by atoms with Crippen molar-refractivity contribution in [3.05, 3.63) is 0 Å². The fraction of sp³-hybridized carbons (Fsp3) is 1.00. The summed E-state index contributed by atoms with van der Waals surface area (Å²) in [4.78, 5) is 1.60. The van der Waals surface area contributed by atoms with Gasteiger partial charge in [-0.25, -0.2) is 0 Å². The topological polar surface area (TPSA) is 104 Å². The molecule has 0 spiro atoms. The summed E-state index contributed by atoms with van der Waals surface area (Å²) in [5.41, 5.74) is 0. The van der Waals surface area contributed by atoms with E-state index in [2.05, 4.69) is 0 Å². The summed E-state index contributed by atoms with van der Waals surface area (Å²) in [6.45, 7) is 1.39. The summed E-state index contributed by atoms with van der Waals surface area (Å²) in [6.07, 6.45) is -4.24. The lowest BCUT2D eigenvalue weighted by Crippen LogP contribution is -2.45. The van der Waals surface area contributed by atoms with Crippen LogP contribution in [0.5, 0.6) is 0 Å². The monoisotopic (exact) mass is 219 g/mol. The van der Waals surface area contributed by atoms with Crippen molar-refractivity contribution in [2.75, 3.05) is 6.61 Å². The average Bonchev–Trinajstić information content (AvgIpc) is 2.59. The van der Waals surface area contributed by atoms with E-state index in [1.54, 1.807) is 11.8 Å². The normalized spacial score (nSPS) is 56.0. The van der Waals surface area contributed by atoms with Crippen LogP contribution in [0.1, 0.15) is 6.92 Å². The molecule has 0 aromatic rings. The summed E-state index contributed by atoms with van der Waals surface area (Å²) in [5.74, 6) is 0. The molecule has 0 radical (unpaired) electrons. The molecule has 0 bridgehead atoms. The van der Waals surface area contributed by atoms with Gasteiger partial charge in [0.25, 0.3) is 0 Å². The first-order chi connectivity index (χ1) is 7.00. The second-order valence-corrected chi connectivity index (χ2v) is 4.39. The molecule has 2 aliphatic rings. The van der Waals surface area contributed by atoms with E-state index in [1.165, 1.54) is 0 Å². The summed E-state index contributed by atoms with van der Waals surface area (Å²) in [7, 11) is 0. The van der Waals surface area contributed by atoms with Crippen LogP contribution in [0.2, 0.25) is 0 Å². The third kappa shape index (κ3) is 1.33. The molecular weight excluding hydrogens is 202 g/mol. The number of nitrogens with zero attached hydrogens (tertiary/aromatic N) is 1. The van der Waals surface area contributed by atoms with E-state index >= 15 is 0 Å². The van der Waals surface area contributed by atoms with Gasteiger partial charge in [-0.2, -0.15) is 0 Å². The Balaban J connectivity index is 2.29. The molecule has 6 heteroatoms. The zero-order valence-corrected chi connectivity index (χ0v) is 8.43. The van der Waals surface area contributed by atoms with Gasteiger partial charge in [0.2, 0.25) is 0 Å². The Morgan fingerprint density at radius 3 is 2.00 bits per heavy atom. The van der Waals surface area contributed by atoms with Gasteiger partial charge in [-0.3, -0.25) is 4.90 Å². The maximum Gasteiger partial charge on any atom is 0.0996 e. The van der Waals surface area contributed by atoms with Crippen LogP contribution in [-0.4, -0.2) is 79.6 Å². The van der Waals surface area contributed by atoms with Crippen LogP contribution < -0.4 is 0 Å². The lowest BCUT2D eigenvalue weighted by Gasteiger charge is -2.27. The van der Waals surface area contributed by atoms with Gasteiger partial charge in [-0.15, -0.1) is 0 Å². The van der Waals surface area contributed by atoms with Crippen molar-refractivity contribution in [1.29, 1.82) is 0 Å². The molecule has 0 aromatic heterocycles. The van der Waals surface area contributed by atoms with Crippen LogP contribution in [0.25, 0.3) is 0 Å². The van der Waals surface area contributed by atoms with Gasteiger partial charge in [0.15, 0.2) is 0 Å². The van der Waals surface area contributed by atoms with Gasteiger partial charge in [0.05, 0.1) is 43.1 Å². The average molecular weight is 219 g/mol. The molecular formula is C9H17NO5. The number of fused-ring (bicyclic) bond motifs is 1. The summed E-state index contributed by atoms with van der Waals surface area (Å²) in [5, 5.41) is 47.8. The number of aliphatic hydroxyl groups excluding tert-OH is 5. The Kier molecular flexibility index (Phi) is 2.74. The lowest BCUT2D eigenvalue weighted by atomic mass is 10.00. The van der Waals surface area contributed by atoms with E-state index in [9.17, 15) is 20.4 Å². The van der Waals surface area contributed by atoms with E-state index < -0.39 is 36.5 Å². The Labute approximate surface area is 87.4 Å². The van der Waals surface area contributed by atoms with Gasteiger partial charge in [0, 0.05) is 6.04 Å². The smallest absolute Gasteiger partial charge is 0.0996 e. The maximum absolute atomic E-state index is 9.70. The highest BCUT2D eigenvalue weighted by molar-refractivity contribution is 5.12. The lowest BCUT2D eigenvalue weighted by molar-refractivity contribution is -0.0321. The SMILES string of the molecule is C[C@H]1[C@H](O)[C@@H](O)[C@@H]2[C@H](O)[C@H](O)[C@@H](CO)N21. The van der Waals surface area contributed by atoms with E-state index in [0.717, 1.165) is 0 Å². The largest absolute Gasteiger partial charge is 0.395 e. The molecule has 6 nitrogen and oxygen atoms in total. The van der Waals surface area contributed by atoms with Crippen molar-refractivity contribution in [2.45, 2.75) is 49.5 Å². The van der Waals surface area contributed by atoms with Crippen LogP contribution in [0.15, 0.2) is 0 Å². The highest BCUT2D eigenvalue weighted by Gasteiger charge is 2.59. The minimum atomic E-state index is -1.13. The van der Waals surface area contributed by atoms with E-state index in [1.807, 2.05) is 0 Å². The molecule has 2 heterocycles. The third-order valence-corrected chi connectivity index (χ3v) is 3.67. The Morgan fingerprint density at radius 2 is 1.47 bits per heavy atom. The minimum absolute atomic E-state index is 0.307. The Hall–Kier alpha value is -0.240. The van der Waals surface area contributed by atoms with Crippen LogP contribution in [0, 0.1) is 0 Å². The third-order valence-electron chi connectivity index (χ3n) is 3.67. The van der Waals surface area contributed by atoms with Crippen molar-refractivity contribution >= 4 is 0 Å². The fourth-order valence-corrected chi connectivity index (χ4v) is 2.82. The summed E-state index contributed by atoms with van der Waals surface area (Å²) >= 11 is 0. The molecule has 15 heavy (non-hydrogen) atoms. The molecule has 88 valence electrons. The van der Waals surface area contributed by atoms with Crippen LogP contribution in [0.4, 0.5) is 0 Å². The second kappa shape index (κ2) is 3.65. The zero-order valence-electron chi connectivity index (χ0n) is 8.43. The highest BCUT2D eigenvalue weighted by Crippen LogP contribution is 2.37. The van der Waals surface area contributed by atoms with E-state index in [0.29, 0.717) is 0 Å². The minimum Gasteiger partial charge on any atom is -0.395 e. The molecule has 2 rings (SSSR count). The van der Waals surface area contributed by atoms with Crippen LogP contribution in [0.3, 0.4) is 0 Å². The molecule has 2 aliphatic heterocycles. The van der Waals surface area contributed by atoms with E-state index in [4.69, 9.17) is 5.11 Å². The quantitative estimate of drug-likeness (QED) is 0.319. The number of hydrogen-bond acceptors (Lipinski definition) is 6. The Bertz CT molecular complexity index is 251. The first-order valence-electron chi connectivity index (χ1n) is 5.11.